The number of hydrogen-bond acceptors (Lipinski definition) is 2. The molecule has 1 N–H and O–H groups in total. The molecule has 120 valence electrons. The maximum absolute atomic E-state index is 4.65. The van der Waals surface area contributed by atoms with Crippen LogP contribution in [0.1, 0.15) is 29.8 Å². The summed E-state index contributed by atoms with van der Waals surface area (Å²) in [5, 5.41) is 1.14. The van der Waals surface area contributed by atoms with Crippen molar-refractivity contribution in [2.45, 2.75) is 19.8 Å². The van der Waals surface area contributed by atoms with Gasteiger partial charge in [0.25, 0.3) is 0 Å². The van der Waals surface area contributed by atoms with Crippen molar-refractivity contribution < 1.29 is 0 Å². The summed E-state index contributed by atoms with van der Waals surface area (Å²) in [4.78, 5) is 12.0. The molecule has 2 heterocycles. The Morgan fingerprint density at radius 1 is 1.21 bits per heavy atom. The number of imidazole rings is 1. The monoisotopic (exact) mass is 315 g/mol. The number of pyridine rings is 1. The molecule has 1 unspecified atom stereocenters. The van der Waals surface area contributed by atoms with Gasteiger partial charge < -0.3 is 4.98 Å². The van der Waals surface area contributed by atoms with Crippen molar-refractivity contribution in [2.75, 3.05) is 0 Å². The second-order valence-corrected chi connectivity index (χ2v) is 5.80. The first-order chi connectivity index (χ1) is 11.7. The average molecular weight is 315 g/mol. The van der Waals surface area contributed by atoms with Crippen molar-refractivity contribution in [1.82, 2.24) is 15.0 Å². The van der Waals surface area contributed by atoms with E-state index in [1.807, 2.05) is 50.4 Å². The van der Waals surface area contributed by atoms with Gasteiger partial charge in [0.1, 0.15) is 0 Å². The third-order valence-corrected chi connectivity index (χ3v) is 4.00. The molecule has 1 atom stereocenters. The summed E-state index contributed by atoms with van der Waals surface area (Å²) < 4.78 is 0. The number of allylic oxidation sites excluding steroid dienone is 5. The highest BCUT2D eigenvalue weighted by molar-refractivity contribution is 5.79. The van der Waals surface area contributed by atoms with Crippen molar-refractivity contribution in [1.29, 1.82) is 0 Å². The Labute approximate surface area is 142 Å². The van der Waals surface area contributed by atoms with Crippen LogP contribution in [0.25, 0.3) is 10.9 Å². The minimum absolute atomic E-state index is 0.0284. The van der Waals surface area contributed by atoms with Gasteiger partial charge in [0.15, 0.2) is 0 Å². The maximum atomic E-state index is 4.65. The van der Waals surface area contributed by atoms with Crippen LogP contribution in [0.4, 0.5) is 0 Å². The Kier molecular flexibility index (Phi) is 4.71. The second-order valence-electron chi connectivity index (χ2n) is 5.80. The summed E-state index contributed by atoms with van der Waals surface area (Å²) >= 11 is 0. The molecule has 0 aliphatic carbocycles. The molecule has 3 rings (SSSR count). The van der Waals surface area contributed by atoms with Crippen LogP contribution >= 0.6 is 0 Å². The van der Waals surface area contributed by atoms with Crippen molar-refractivity contribution in [3.05, 3.63) is 96.3 Å². The third kappa shape index (κ3) is 3.35. The van der Waals surface area contributed by atoms with Crippen molar-refractivity contribution >= 4 is 10.9 Å². The first-order valence-corrected chi connectivity index (χ1v) is 8.03. The van der Waals surface area contributed by atoms with Crippen LogP contribution in [0.2, 0.25) is 0 Å². The molecule has 2 aromatic heterocycles. The Morgan fingerprint density at radius 2 is 2.04 bits per heavy atom. The van der Waals surface area contributed by atoms with Gasteiger partial charge in [-0.1, -0.05) is 49.1 Å². The third-order valence-electron chi connectivity index (χ3n) is 4.00. The lowest BCUT2D eigenvalue weighted by atomic mass is 9.88. The predicted molar refractivity (Wildman–Crippen MR) is 100 cm³/mol. The van der Waals surface area contributed by atoms with Crippen molar-refractivity contribution in [2.24, 2.45) is 0 Å². The topological polar surface area (TPSA) is 41.6 Å². The van der Waals surface area contributed by atoms with E-state index >= 15 is 0 Å². The quantitative estimate of drug-likeness (QED) is 0.667. The molecular formula is C21H21N3. The number of nitrogens with zero attached hydrogens (tertiary/aromatic N) is 2. The van der Waals surface area contributed by atoms with Gasteiger partial charge in [-0.25, -0.2) is 4.98 Å². The minimum atomic E-state index is 0.0284. The standard InChI is InChI=1S/C21H21N3/c1-4-5-6-7-15(2)21(20-13-22-14-23-20)18-11-10-17-9-8-16(3)24-19(17)12-18/h4-14,21H,2H2,1,3H3,(H,22,23)/b5-4-,7-6-. The number of hydrogen-bond donors (Lipinski definition) is 1. The Balaban J connectivity index is 2.06. The van der Waals surface area contributed by atoms with Crippen LogP contribution in [0.15, 0.2) is 79.3 Å². The predicted octanol–water partition coefficient (Wildman–Crippen LogP) is 5.09. The van der Waals surface area contributed by atoms with E-state index in [1.54, 1.807) is 6.33 Å². The summed E-state index contributed by atoms with van der Waals surface area (Å²) in [5.74, 6) is 0.0284. The van der Waals surface area contributed by atoms with Gasteiger partial charge in [0.05, 0.1) is 17.8 Å². The zero-order valence-corrected chi connectivity index (χ0v) is 14.0. The largest absolute Gasteiger partial charge is 0.348 e. The lowest BCUT2D eigenvalue weighted by Gasteiger charge is -2.17. The molecule has 0 radical (unpaired) electrons. The zero-order valence-electron chi connectivity index (χ0n) is 14.0. The number of rotatable bonds is 5. The molecule has 0 aliphatic heterocycles. The molecule has 0 saturated heterocycles. The highest BCUT2D eigenvalue weighted by Crippen LogP contribution is 2.32. The van der Waals surface area contributed by atoms with Crippen LogP contribution in [0.3, 0.4) is 0 Å². The molecule has 1 aromatic carbocycles. The Hall–Kier alpha value is -2.94. The maximum Gasteiger partial charge on any atom is 0.0922 e. The molecule has 3 nitrogen and oxygen atoms in total. The highest BCUT2D eigenvalue weighted by Gasteiger charge is 2.18. The molecule has 24 heavy (non-hydrogen) atoms. The SMILES string of the molecule is C=C(/C=C\C=C/C)C(c1ccc2ccc(C)nc2c1)c1cnc[nH]1. The van der Waals surface area contributed by atoms with E-state index in [9.17, 15) is 0 Å². The Bertz CT molecular complexity index is 902. The number of aromatic amines is 1. The molecule has 0 bridgehead atoms. The van der Waals surface area contributed by atoms with Crippen LogP contribution in [-0.2, 0) is 0 Å². The number of fused-ring (bicyclic) bond motifs is 1. The van der Waals surface area contributed by atoms with E-state index in [-0.39, 0.29) is 5.92 Å². The smallest absolute Gasteiger partial charge is 0.0922 e. The minimum Gasteiger partial charge on any atom is -0.348 e. The number of aromatic nitrogens is 3. The first-order valence-electron chi connectivity index (χ1n) is 8.03. The van der Waals surface area contributed by atoms with Crippen LogP contribution in [0.5, 0.6) is 0 Å². The normalized spacial score (nSPS) is 13.1. The number of aryl methyl sites for hydroxylation is 1. The van der Waals surface area contributed by atoms with Crippen LogP contribution < -0.4 is 0 Å². The van der Waals surface area contributed by atoms with Crippen LogP contribution in [0, 0.1) is 6.92 Å². The summed E-state index contributed by atoms with van der Waals surface area (Å²) in [6.45, 7) is 8.28. The molecule has 3 aromatic rings. The molecule has 0 spiro atoms. The van der Waals surface area contributed by atoms with Gasteiger partial charge in [-0.2, -0.15) is 0 Å². The fourth-order valence-electron chi connectivity index (χ4n) is 2.82. The van der Waals surface area contributed by atoms with E-state index in [4.69, 9.17) is 0 Å². The highest BCUT2D eigenvalue weighted by atomic mass is 14.9. The van der Waals surface area contributed by atoms with E-state index < -0.39 is 0 Å². The molecule has 0 fully saturated rings. The molecule has 0 saturated carbocycles. The van der Waals surface area contributed by atoms with Gasteiger partial charge in [-0.3, -0.25) is 4.98 Å². The first kappa shape index (κ1) is 15.9. The fourth-order valence-corrected chi connectivity index (χ4v) is 2.82. The van der Waals surface area contributed by atoms with Gasteiger partial charge >= 0.3 is 0 Å². The van der Waals surface area contributed by atoms with Crippen molar-refractivity contribution in [3.63, 3.8) is 0 Å². The van der Waals surface area contributed by atoms with E-state index in [0.29, 0.717) is 0 Å². The molecule has 0 aliphatic rings. The van der Waals surface area contributed by atoms with Gasteiger partial charge in [-0.05, 0) is 37.1 Å². The van der Waals surface area contributed by atoms with E-state index in [1.165, 1.54) is 0 Å². The lowest BCUT2D eigenvalue weighted by molar-refractivity contribution is 0.938. The van der Waals surface area contributed by atoms with Gasteiger partial charge in [-0.15, -0.1) is 0 Å². The average Bonchev–Trinajstić information content (AvgIpc) is 3.09. The number of H-pyrrole nitrogens is 1. The summed E-state index contributed by atoms with van der Waals surface area (Å²) in [6, 6.07) is 10.5. The van der Waals surface area contributed by atoms with Gasteiger partial charge in [0, 0.05) is 23.0 Å². The number of benzene rings is 1. The molecular weight excluding hydrogens is 294 g/mol. The lowest BCUT2D eigenvalue weighted by Crippen LogP contribution is -2.03. The molecule has 3 heteroatoms. The van der Waals surface area contributed by atoms with Crippen LogP contribution in [-0.4, -0.2) is 15.0 Å². The van der Waals surface area contributed by atoms with E-state index in [2.05, 4.69) is 45.8 Å². The van der Waals surface area contributed by atoms with E-state index in [0.717, 1.165) is 33.4 Å². The zero-order chi connectivity index (χ0) is 16.9. The second kappa shape index (κ2) is 7.09. The summed E-state index contributed by atoms with van der Waals surface area (Å²) in [7, 11) is 0. The van der Waals surface area contributed by atoms with Crippen molar-refractivity contribution in [3.8, 4) is 0 Å². The molecule has 0 amide bonds. The fraction of sp³-hybridized carbons (Fsp3) is 0.143. The number of nitrogens with one attached hydrogen (secondary N) is 1. The summed E-state index contributed by atoms with van der Waals surface area (Å²) in [5.41, 5.74) is 5.20. The van der Waals surface area contributed by atoms with Gasteiger partial charge in [0.2, 0.25) is 0 Å². The Morgan fingerprint density at radius 3 is 2.79 bits per heavy atom. The summed E-state index contributed by atoms with van der Waals surface area (Å²) in [6.07, 6.45) is 11.6.